The number of amides is 1. The van der Waals surface area contributed by atoms with Gasteiger partial charge in [-0.05, 0) is 38.5 Å². The second-order valence-corrected chi connectivity index (χ2v) is 6.19. The van der Waals surface area contributed by atoms with Gasteiger partial charge >= 0.3 is 12.1 Å². The minimum absolute atomic E-state index is 0.214. The minimum Gasteiger partial charge on any atom is -0.467 e. The van der Waals surface area contributed by atoms with E-state index in [0.29, 0.717) is 10.7 Å². The molecule has 0 saturated heterocycles. The van der Waals surface area contributed by atoms with Gasteiger partial charge in [0.25, 0.3) is 0 Å². The van der Waals surface area contributed by atoms with Crippen LogP contribution in [0.5, 0.6) is 0 Å². The highest BCUT2D eigenvalue weighted by atomic mass is 35.5. The summed E-state index contributed by atoms with van der Waals surface area (Å²) < 4.78 is 9.84. The van der Waals surface area contributed by atoms with E-state index >= 15 is 0 Å². The zero-order valence-electron chi connectivity index (χ0n) is 13.1. The van der Waals surface area contributed by atoms with E-state index in [9.17, 15) is 9.59 Å². The SMILES string of the molecule is COC(=O)[C@H](Cc1ccc(N)c(Cl)c1)NC(=O)OC(C)(C)C. The molecule has 0 unspecified atom stereocenters. The zero-order valence-corrected chi connectivity index (χ0v) is 13.9. The van der Waals surface area contributed by atoms with Crippen molar-refractivity contribution >= 4 is 29.4 Å². The Hall–Kier alpha value is -1.95. The van der Waals surface area contributed by atoms with Gasteiger partial charge in [0.1, 0.15) is 11.6 Å². The maximum atomic E-state index is 11.8. The molecule has 3 N–H and O–H groups in total. The number of nitrogen functional groups attached to an aromatic ring is 1. The molecule has 7 heteroatoms. The second-order valence-electron chi connectivity index (χ2n) is 5.78. The average Bonchev–Trinajstić information content (AvgIpc) is 2.39. The maximum Gasteiger partial charge on any atom is 0.408 e. The number of nitrogens with two attached hydrogens (primary N) is 1. The van der Waals surface area contributed by atoms with Crippen LogP contribution in [0.2, 0.25) is 5.02 Å². The number of halogens is 1. The van der Waals surface area contributed by atoms with Crippen LogP contribution < -0.4 is 11.1 Å². The van der Waals surface area contributed by atoms with E-state index in [1.807, 2.05) is 0 Å². The molecule has 122 valence electrons. The Bertz CT molecular complexity index is 555. The van der Waals surface area contributed by atoms with Crippen LogP contribution in [0.3, 0.4) is 0 Å². The standard InChI is InChI=1S/C15H21ClN2O4/c1-15(2,3)22-14(20)18-12(13(19)21-4)8-9-5-6-11(17)10(16)7-9/h5-7,12H,8,17H2,1-4H3,(H,18,20)/t12-/m0/s1. The van der Waals surface area contributed by atoms with Gasteiger partial charge < -0.3 is 20.5 Å². The van der Waals surface area contributed by atoms with Gasteiger partial charge in [0.05, 0.1) is 17.8 Å². The van der Waals surface area contributed by atoms with Crippen molar-refractivity contribution in [1.82, 2.24) is 5.32 Å². The van der Waals surface area contributed by atoms with Crippen molar-refractivity contribution in [3.63, 3.8) is 0 Å². The molecule has 0 spiro atoms. The molecule has 0 fully saturated rings. The summed E-state index contributed by atoms with van der Waals surface area (Å²) in [6, 6.07) is 4.14. The summed E-state index contributed by atoms with van der Waals surface area (Å²) in [6.07, 6.45) is -0.476. The first-order valence-electron chi connectivity index (χ1n) is 6.73. The summed E-state index contributed by atoms with van der Waals surface area (Å²) in [6.45, 7) is 5.21. The summed E-state index contributed by atoms with van der Waals surface area (Å²) in [4.78, 5) is 23.6. The molecule has 0 radical (unpaired) electrons. The van der Waals surface area contributed by atoms with E-state index in [0.717, 1.165) is 5.56 Å². The topological polar surface area (TPSA) is 90.6 Å². The monoisotopic (exact) mass is 328 g/mol. The third-order valence-electron chi connectivity index (χ3n) is 2.68. The van der Waals surface area contributed by atoms with Gasteiger partial charge in [-0.25, -0.2) is 9.59 Å². The van der Waals surface area contributed by atoms with Crippen LogP contribution in [-0.2, 0) is 20.7 Å². The number of rotatable bonds is 4. The zero-order chi connectivity index (χ0) is 16.9. The number of ether oxygens (including phenoxy) is 2. The summed E-state index contributed by atoms with van der Waals surface area (Å²) >= 11 is 5.95. The lowest BCUT2D eigenvalue weighted by Crippen LogP contribution is -2.45. The number of alkyl carbamates (subject to hydrolysis) is 1. The molecule has 0 heterocycles. The molecule has 0 aliphatic heterocycles. The van der Waals surface area contributed by atoms with Crippen LogP contribution in [0.25, 0.3) is 0 Å². The average molecular weight is 329 g/mol. The first-order valence-corrected chi connectivity index (χ1v) is 7.11. The van der Waals surface area contributed by atoms with E-state index in [1.54, 1.807) is 39.0 Å². The Balaban J connectivity index is 2.82. The number of carbonyl (C=O) groups excluding carboxylic acids is 2. The molecule has 1 atom stereocenters. The molecule has 1 rings (SSSR count). The van der Waals surface area contributed by atoms with Gasteiger partial charge in [0.15, 0.2) is 0 Å². The van der Waals surface area contributed by atoms with E-state index in [2.05, 4.69) is 5.32 Å². The number of carbonyl (C=O) groups is 2. The van der Waals surface area contributed by atoms with Crippen molar-refractivity contribution in [3.05, 3.63) is 28.8 Å². The quantitative estimate of drug-likeness (QED) is 0.654. The van der Waals surface area contributed by atoms with Crippen LogP contribution in [0.1, 0.15) is 26.3 Å². The number of hydrogen-bond donors (Lipinski definition) is 2. The van der Waals surface area contributed by atoms with Crippen molar-refractivity contribution in [2.24, 2.45) is 0 Å². The number of esters is 1. The van der Waals surface area contributed by atoms with Gasteiger partial charge in [0, 0.05) is 6.42 Å². The van der Waals surface area contributed by atoms with E-state index in [-0.39, 0.29) is 6.42 Å². The molecule has 0 aromatic heterocycles. The normalized spacial score (nSPS) is 12.4. The first-order chi connectivity index (χ1) is 10.1. The largest absolute Gasteiger partial charge is 0.467 e. The highest BCUT2D eigenvalue weighted by Gasteiger charge is 2.25. The summed E-state index contributed by atoms with van der Waals surface area (Å²) in [7, 11) is 1.25. The molecular formula is C15H21ClN2O4. The molecule has 1 aromatic carbocycles. The minimum atomic E-state index is -0.875. The van der Waals surface area contributed by atoms with Crippen LogP contribution in [0, 0.1) is 0 Å². The van der Waals surface area contributed by atoms with Crippen molar-refractivity contribution in [3.8, 4) is 0 Å². The molecule has 0 saturated carbocycles. The fourth-order valence-corrected chi connectivity index (χ4v) is 1.92. The molecule has 1 amide bonds. The number of benzene rings is 1. The van der Waals surface area contributed by atoms with E-state index in [4.69, 9.17) is 26.8 Å². The van der Waals surface area contributed by atoms with Crippen molar-refractivity contribution in [2.45, 2.75) is 38.8 Å². The Morgan fingerprint density at radius 2 is 2.00 bits per heavy atom. The van der Waals surface area contributed by atoms with Crippen molar-refractivity contribution < 1.29 is 19.1 Å². The second kappa shape index (κ2) is 7.35. The predicted octanol–water partition coefficient (Wildman–Crippen LogP) is 2.53. The third-order valence-corrected chi connectivity index (χ3v) is 3.01. The van der Waals surface area contributed by atoms with E-state index < -0.39 is 23.7 Å². The van der Waals surface area contributed by atoms with Gasteiger partial charge in [-0.2, -0.15) is 0 Å². The van der Waals surface area contributed by atoms with Crippen LogP contribution in [0.15, 0.2) is 18.2 Å². The number of anilines is 1. The third kappa shape index (κ3) is 5.81. The Morgan fingerprint density at radius 1 is 1.36 bits per heavy atom. The van der Waals surface area contributed by atoms with Crippen LogP contribution in [-0.4, -0.2) is 30.8 Å². The highest BCUT2D eigenvalue weighted by Crippen LogP contribution is 2.20. The van der Waals surface area contributed by atoms with Gasteiger partial charge in [-0.3, -0.25) is 0 Å². The van der Waals surface area contributed by atoms with Gasteiger partial charge in [0.2, 0.25) is 0 Å². The molecule has 6 nitrogen and oxygen atoms in total. The Labute approximate surface area is 134 Å². The van der Waals surface area contributed by atoms with E-state index in [1.165, 1.54) is 7.11 Å². The first kappa shape index (κ1) is 18.1. The smallest absolute Gasteiger partial charge is 0.408 e. The highest BCUT2D eigenvalue weighted by molar-refractivity contribution is 6.33. The number of hydrogen-bond acceptors (Lipinski definition) is 5. The molecule has 0 aliphatic rings. The van der Waals surface area contributed by atoms with Crippen LogP contribution in [0.4, 0.5) is 10.5 Å². The molecule has 1 aromatic rings. The van der Waals surface area contributed by atoms with Gasteiger partial charge in [-0.1, -0.05) is 17.7 Å². The number of methoxy groups -OCH3 is 1. The Morgan fingerprint density at radius 3 is 2.50 bits per heavy atom. The molecular weight excluding hydrogens is 308 g/mol. The van der Waals surface area contributed by atoms with Crippen LogP contribution >= 0.6 is 11.6 Å². The predicted molar refractivity (Wildman–Crippen MR) is 84.7 cm³/mol. The maximum absolute atomic E-state index is 11.8. The lowest BCUT2D eigenvalue weighted by molar-refractivity contribution is -0.143. The summed E-state index contributed by atoms with van der Waals surface area (Å²) in [5.41, 5.74) is 6.17. The lowest BCUT2D eigenvalue weighted by Gasteiger charge is -2.22. The molecule has 22 heavy (non-hydrogen) atoms. The number of nitrogens with one attached hydrogen (secondary N) is 1. The molecule has 0 bridgehead atoms. The molecule has 0 aliphatic carbocycles. The fraction of sp³-hybridized carbons (Fsp3) is 0.467. The van der Waals surface area contributed by atoms with Crippen molar-refractivity contribution in [1.29, 1.82) is 0 Å². The summed E-state index contributed by atoms with van der Waals surface area (Å²) in [5.74, 6) is -0.571. The fourth-order valence-electron chi connectivity index (χ4n) is 1.72. The lowest BCUT2D eigenvalue weighted by atomic mass is 10.1. The summed E-state index contributed by atoms with van der Waals surface area (Å²) in [5, 5.41) is 2.88. The van der Waals surface area contributed by atoms with Crippen molar-refractivity contribution in [2.75, 3.05) is 12.8 Å². The van der Waals surface area contributed by atoms with Gasteiger partial charge in [-0.15, -0.1) is 0 Å². The Kier molecular flexibility index (Phi) is 6.05.